The summed E-state index contributed by atoms with van der Waals surface area (Å²) in [6.07, 6.45) is 2.03. The summed E-state index contributed by atoms with van der Waals surface area (Å²) in [6.45, 7) is 2.07. The zero-order valence-corrected chi connectivity index (χ0v) is 19.0. The van der Waals surface area contributed by atoms with Crippen molar-refractivity contribution in [2.45, 2.75) is 37.6 Å². The van der Waals surface area contributed by atoms with E-state index in [1.807, 2.05) is 6.07 Å². The molecule has 0 bridgehead atoms. The molecule has 168 valence electrons. The normalized spacial score (nSPS) is 22.6. The predicted molar refractivity (Wildman–Crippen MR) is 120 cm³/mol. The van der Waals surface area contributed by atoms with Gasteiger partial charge in [-0.25, -0.2) is 9.18 Å². The Morgan fingerprint density at radius 1 is 1.19 bits per heavy atom. The summed E-state index contributed by atoms with van der Waals surface area (Å²) in [7, 11) is 0. The molecule has 0 radical (unpaired) electrons. The lowest BCUT2D eigenvalue weighted by atomic mass is 9.62. The third-order valence-corrected chi connectivity index (χ3v) is 7.35. The molecule has 4 rings (SSSR count). The first-order chi connectivity index (χ1) is 15.3. The molecule has 2 aromatic rings. The summed E-state index contributed by atoms with van der Waals surface area (Å²) in [5, 5.41) is 11.9. The Bertz CT molecular complexity index is 1070. The molecule has 8 heteroatoms. The Morgan fingerprint density at radius 2 is 1.94 bits per heavy atom. The van der Waals surface area contributed by atoms with E-state index < -0.39 is 11.4 Å². The van der Waals surface area contributed by atoms with Crippen LogP contribution in [0.4, 0.5) is 4.39 Å². The van der Waals surface area contributed by atoms with E-state index >= 15 is 0 Å². The van der Waals surface area contributed by atoms with Crippen LogP contribution in [0, 0.1) is 11.7 Å². The maximum absolute atomic E-state index is 13.9. The number of amides is 2. The quantitative estimate of drug-likeness (QED) is 0.606. The van der Waals surface area contributed by atoms with E-state index in [0.29, 0.717) is 23.0 Å². The second-order valence-corrected chi connectivity index (χ2v) is 9.39. The summed E-state index contributed by atoms with van der Waals surface area (Å²) in [6, 6.07) is 11.6. The fourth-order valence-corrected chi connectivity index (χ4v) is 5.28. The lowest BCUT2D eigenvalue weighted by Gasteiger charge is -2.45. The Morgan fingerprint density at radius 3 is 2.59 bits per heavy atom. The van der Waals surface area contributed by atoms with Crippen LogP contribution in [0.1, 0.15) is 47.2 Å². The lowest BCUT2D eigenvalue weighted by molar-refractivity contribution is -0.140. The summed E-state index contributed by atoms with van der Waals surface area (Å²) in [4.78, 5) is 38.8. The van der Waals surface area contributed by atoms with Crippen LogP contribution in [0.5, 0.6) is 0 Å². The molecule has 0 saturated carbocycles. The first-order valence-electron chi connectivity index (χ1n) is 10.6. The number of hydrogen-bond donors (Lipinski definition) is 2. The highest BCUT2D eigenvalue weighted by atomic mass is 79.9. The van der Waals surface area contributed by atoms with Gasteiger partial charge in [-0.2, -0.15) is 0 Å². The van der Waals surface area contributed by atoms with Crippen molar-refractivity contribution in [3.05, 3.63) is 69.4 Å². The zero-order chi connectivity index (χ0) is 22.9. The number of nitrogens with zero attached hydrogens (tertiary/aromatic N) is 1. The molecular formula is C24H24BrFN2O4. The van der Waals surface area contributed by atoms with Gasteiger partial charge in [0.05, 0.1) is 15.5 Å². The number of carbonyl (C=O) groups excluding carboxylic acids is 2. The summed E-state index contributed by atoms with van der Waals surface area (Å²) < 4.78 is 14.3. The van der Waals surface area contributed by atoms with E-state index in [1.165, 1.54) is 12.1 Å². The number of piperidine rings is 2. The summed E-state index contributed by atoms with van der Waals surface area (Å²) >= 11 is 3.17. The van der Waals surface area contributed by atoms with Crippen LogP contribution in [0.25, 0.3) is 0 Å². The average Bonchev–Trinajstić information content (AvgIpc) is 2.77. The fourth-order valence-electron chi connectivity index (χ4n) is 5.04. The summed E-state index contributed by atoms with van der Waals surface area (Å²) in [5.74, 6) is -2.01. The Hall–Kier alpha value is -2.58. The first-order valence-corrected chi connectivity index (χ1v) is 11.4. The van der Waals surface area contributed by atoms with Gasteiger partial charge in [-0.3, -0.25) is 19.8 Å². The molecule has 32 heavy (non-hydrogen) atoms. The SMILES string of the molecule is O=C1CC[C@](c2cccc(C(=O)O)c2)(C2CCN(Cc3ccc(Br)c(F)c3)CC2)C(=O)N1. The highest BCUT2D eigenvalue weighted by molar-refractivity contribution is 9.10. The van der Waals surface area contributed by atoms with Crippen LogP contribution in [0.3, 0.4) is 0 Å². The minimum absolute atomic E-state index is 0.0300. The molecule has 0 unspecified atom stereocenters. The maximum atomic E-state index is 13.9. The monoisotopic (exact) mass is 502 g/mol. The Kier molecular flexibility index (Phi) is 6.44. The fraction of sp³-hybridized carbons (Fsp3) is 0.375. The molecule has 2 heterocycles. The van der Waals surface area contributed by atoms with Gasteiger partial charge in [-0.05, 0) is 89.6 Å². The largest absolute Gasteiger partial charge is 0.478 e. The second kappa shape index (κ2) is 9.11. The van der Waals surface area contributed by atoms with E-state index in [9.17, 15) is 23.9 Å². The number of carbonyl (C=O) groups is 3. The molecule has 0 spiro atoms. The van der Waals surface area contributed by atoms with Crippen molar-refractivity contribution in [3.63, 3.8) is 0 Å². The number of rotatable bonds is 5. The van der Waals surface area contributed by atoms with Crippen LogP contribution in [0.2, 0.25) is 0 Å². The van der Waals surface area contributed by atoms with Crippen LogP contribution >= 0.6 is 15.9 Å². The van der Waals surface area contributed by atoms with Crippen molar-refractivity contribution >= 4 is 33.7 Å². The van der Waals surface area contributed by atoms with E-state index in [2.05, 4.69) is 26.1 Å². The Balaban J connectivity index is 1.56. The van der Waals surface area contributed by atoms with E-state index in [0.717, 1.165) is 31.5 Å². The van der Waals surface area contributed by atoms with Crippen LogP contribution in [-0.2, 0) is 21.5 Å². The molecule has 2 aromatic carbocycles. The van der Waals surface area contributed by atoms with E-state index in [4.69, 9.17) is 0 Å². The van der Waals surface area contributed by atoms with Crippen molar-refractivity contribution < 1.29 is 23.9 Å². The third kappa shape index (κ3) is 4.34. The smallest absolute Gasteiger partial charge is 0.335 e. The number of imide groups is 1. The standard InChI is InChI=1S/C24H24BrFN2O4/c25-19-5-4-15(12-20(19)26)14-28-10-7-17(8-11-28)24(9-6-21(29)27-23(24)32)18-3-1-2-16(13-18)22(30)31/h1-5,12-13,17H,6-11,14H2,(H,30,31)(H,27,29,32)/t24-/m1/s1. The van der Waals surface area contributed by atoms with Crippen LogP contribution in [0.15, 0.2) is 46.9 Å². The first kappa shape index (κ1) is 22.6. The number of nitrogens with one attached hydrogen (secondary N) is 1. The van der Waals surface area contributed by atoms with E-state index in [-0.39, 0.29) is 35.5 Å². The van der Waals surface area contributed by atoms with Gasteiger partial charge in [0.25, 0.3) is 0 Å². The van der Waals surface area contributed by atoms with Crippen LogP contribution < -0.4 is 5.32 Å². The van der Waals surface area contributed by atoms with Crippen molar-refractivity contribution in [2.75, 3.05) is 13.1 Å². The molecule has 2 amide bonds. The highest BCUT2D eigenvalue weighted by Gasteiger charge is 2.50. The lowest BCUT2D eigenvalue weighted by Crippen LogP contribution is -2.57. The molecular weight excluding hydrogens is 479 g/mol. The number of halogens is 2. The van der Waals surface area contributed by atoms with Crippen molar-refractivity contribution in [2.24, 2.45) is 5.92 Å². The second-order valence-electron chi connectivity index (χ2n) is 8.53. The molecule has 0 aliphatic carbocycles. The molecule has 1 atom stereocenters. The molecule has 2 saturated heterocycles. The molecule has 2 aliphatic rings. The third-order valence-electron chi connectivity index (χ3n) is 6.70. The number of benzene rings is 2. The van der Waals surface area contributed by atoms with Gasteiger partial charge in [-0.1, -0.05) is 18.2 Å². The molecule has 6 nitrogen and oxygen atoms in total. The topological polar surface area (TPSA) is 86.7 Å². The maximum Gasteiger partial charge on any atom is 0.335 e. The van der Waals surface area contributed by atoms with Gasteiger partial charge in [0.2, 0.25) is 11.8 Å². The van der Waals surface area contributed by atoms with Gasteiger partial charge in [0.15, 0.2) is 0 Å². The highest BCUT2D eigenvalue weighted by Crippen LogP contribution is 2.44. The van der Waals surface area contributed by atoms with Gasteiger partial charge in [0, 0.05) is 13.0 Å². The van der Waals surface area contributed by atoms with Crippen molar-refractivity contribution in [3.8, 4) is 0 Å². The average molecular weight is 503 g/mol. The van der Waals surface area contributed by atoms with Gasteiger partial charge < -0.3 is 5.11 Å². The predicted octanol–water partition coefficient (Wildman–Crippen LogP) is 3.87. The summed E-state index contributed by atoms with van der Waals surface area (Å²) in [5.41, 5.74) is 0.723. The number of aromatic carboxylic acids is 1. The van der Waals surface area contributed by atoms with Crippen molar-refractivity contribution in [1.29, 1.82) is 0 Å². The minimum atomic E-state index is -1.05. The van der Waals surface area contributed by atoms with E-state index in [1.54, 1.807) is 24.3 Å². The van der Waals surface area contributed by atoms with Gasteiger partial charge in [0.1, 0.15) is 5.82 Å². The number of carboxylic acids is 1. The Labute approximate surface area is 193 Å². The van der Waals surface area contributed by atoms with Crippen molar-refractivity contribution in [1.82, 2.24) is 10.2 Å². The minimum Gasteiger partial charge on any atom is -0.478 e. The van der Waals surface area contributed by atoms with Crippen LogP contribution in [-0.4, -0.2) is 40.9 Å². The number of carboxylic acid groups (broad SMARTS) is 1. The number of likely N-dealkylation sites (tertiary alicyclic amines) is 1. The number of hydrogen-bond acceptors (Lipinski definition) is 4. The molecule has 0 aromatic heterocycles. The zero-order valence-electron chi connectivity index (χ0n) is 17.4. The molecule has 2 N–H and O–H groups in total. The van der Waals surface area contributed by atoms with Gasteiger partial charge >= 0.3 is 5.97 Å². The van der Waals surface area contributed by atoms with Gasteiger partial charge in [-0.15, -0.1) is 0 Å². The molecule has 2 fully saturated rings. The molecule has 2 aliphatic heterocycles.